The topological polar surface area (TPSA) is 63.6 Å². The summed E-state index contributed by atoms with van der Waals surface area (Å²) in [7, 11) is -3.84. The van der Waals surface area contributed by atoms with Crippen LogP contribution >= 0.6 is 23.5 Å². The summed E-state index contributed by atoms with van der Waals surface area (Å²) in [5.41, 5.74) is 1.31. The summed E-state index contributed by atoms with van der Waals surface area (Å²) < 4.78 is 37.3. The Morgan fingerprint density at radius 3 is 2.27 bits per heavy atom. The monoisotopic (exact) mass is 366 g/mol. The smallest absolute Gasteiger partial charge is 0.267 e. The van der Waals surface area contributed by atoms with Crippen molar-refractivity contribution < 1.29 is 17.7 Å². The molecular weight excluding hydrogens is 340 g/mol. The molecule has 0 amide bonds. The van der Waals surface area contributed by atoms with Crippen LogP contribution in [0.2, 0.25) is 0 Å². The van der Waals surface area contributed by atoms with Crippen LogP contribution in [0.5, 0.6) is 0 Å². The number of thioether (sulfide) groups is 2. The summed E-state index contributed by atoms with van der Waals surface area (Å²) in [6, 6.07) is 0. The Kier molecular flexibility index (Phi) is 7.60. The van der Waals surface area contributed by atoms with E-state index in [9.17, 15) is 8.42 Å². The second kappa shape index (κ2) is 8.97. The molecule has 128 valence electrons. The first kappa shape index (κ1) is 18.6. The van der Waals surface area contributed by atoms with Gasteiger partial charge in [-0.25, -0.2) is 0 Å². The van der Waals surface area contributed by atoms with Crippen LogP contribution in [0.15, 0.2) is 12.2 Å². The van der Waals surface area contributed by atoms with Gasteiger partial charge in [-0.05, 0) is 38.0 Å². The van der Waals surface area contributed by atoms with Gasteiger partial charge in [-0.2, -0.15) is 31.9 Å². The largest absolute Gasteiger partial charge is 0.376 e. The number of hydrogen-bond donors (Lipinski definition) is 1. The maximum Gasteiger partial charge on any atom is 0.267 e. The lowest BCUT2D eigenvalue weighted by Crippen LogP contribution is -2.28. The van der Waals surface area contributed by atoms with Gasteiger partial charge in [0.05, 0.1) is 11.4 Å². The van der Waals surface area contributed by atoms with Gasteiger partial charge in [0.2, 0.25) is 0 Å². The molecule has 0 bridgehead atoms. The summed E-state index contributed by atoms with van der Waals surface area (Å²) in [5, 5.41) is -0.545. The minimum atomic E-state index is -3.84. The fourth-order valence-electron chi connectivity index (χ4n) is 2.98. The van der Waals surface area contributed by atoms with Crippen molar-refractivity contribution in [2.75, 3.05) is 29.6 Å². The molecule has 0 atom stereocenters. The normalized spacial score (nSPS) is 29.0. The van der Waals surface area contributed by atoms with Crippen LogP contribution in [-0.2, 0) is 14.9 Å². The van der Waals surface area contributed by atoms with E-state index in [4.69, 9.17) is 9.29 Å². The zero-order valence-electron chi connectivity index (χ0n) is 12.9. The van der Waals surface area contributed by atoms with Crippen molar-refractivity contribution in [2.24, 2.45) is 5.92 Å². The van der Waals surface area contributed by atoms with Gasteiger partial charge in [-0.1, -0.05) is 12.2 Å². The fraction of sp³-hybridized carbons (Fsp3) is 0.867. The number of hydrogen-bond acceptors (Lipinski definition) is 5. The molecular formula is C15H26O4S3. The maximum atomic E-state index is 11.1. The van der Waals surface area contributed by atoms with Crippen LogP contribution in [0.4, 0.5) is 0 Å². The van der Waals surface area contributed by atoms with Gasteiger partial charge in [-0.3, -0.25) is 4.55 Å². The van der Waals surface area contributed by atoms with Crippen LogP contribution in [0, 0.1) is 5.92 Å². The molecule has 0 radical (unpaired) electrons. The predicted octanol–water partition coefficient (Wildman–Crippen LogP) is 3.24. The average molecular weight is 367 g/mol. The SMILES string of the molecule is C=C1CSCC(OCCC2CCC(S(=O)(=O)O)CC2)CSC1. The molecule has 7 heteroatoms. The minimum Gasteiger partial charge on any atom is -0.376 e. The van der Waals surface area contributed by atoms with E-state index >= 15 is 0 Å². The van der Waals surface area contributed by atoms with Crippen molar-refractivity contribution in [3.8, 4) is 0 Å². The number of rotatable bonds is 5. The van der Waals surface area contributed by atoms with Gasteiger partial charge >= 0.3 is 0 Å². The summed E-state index contributed by atoms with van der Waals surface area (Å²) >= 11 is 3.80. The van der Waals surface area contributed by atoms with Crippen molar-refractivity contribution in [2.45, 2.75) is 43.5 Å². The second-order valence-electron chi connectivity index (χ2n) is 6.22. The predicted molar refractivity (Wildman–Crippen MR) is 95.4 cm³/mol. The molecule has 2 rings (SSSR count). The van der Waals surface area contributed by atoms with E-state index in [1.807, 2.05) is 23.5 Å². The zero-order chi connectivity index (χ0) is 16.0. The molecule has 2 fully saturated rings. The lowest BCUT2D eigenvalue weighted by molar-refractivity contribution is 0.0704. The lowest BCUT2D eigenvalue weighted by atomic mass is 9.87. The van der Waals surface area contributed by atoms with Gasteiger partial charge in [0.1, 0.15) is 0 Å². The Morgan fingerprint density at radius 1 is 1.14 bits per heavy atom. The molecule has 1 heterocycles. The molecule has 22 heavy (non-hydrogen) atoms. The molecule has 0 aromatic rings. The van der Waals surface area contributed by atoms with E-state index in [1.54, 1.807) is 0 Å². The highest BCUT2D eigenvalue weighted by Gasteiger charge is 2.29. The first-order valence-corrected chi connectivity index (χ1v) is 11.7. The van der Waals surface area contributed by atoms with Crippen LogP contribution in [0.25, 0.3) is 0 Å². The Balaban J connectivity index is 1.62. The van der Waals surface area contributed by atoms with Gasteiger partial charge in [0.25, 0.3) is 10.1 Å². The van der Waals surface area contributed by atoms with Crippen molar-refractivity contribution in [3.05, 3.63) is 12.2 Å². The highest BCUT2D eigenvalue weighted by molar-refractivity contribution is 8.01. The summed E-state index contributed by atoms with van der Waals surface area (Å²) in [6.45, 7) is 4.80. The molecule has 1 aliphatic heterocycles. The van der Waals surface area contributed by atoms with Crippen molar-refractivity contribution >= 4 is 33.6 Å². The highest BCUT2D eigenvalue weighted by Crippen LogP contribution is 2.30. The average Bonchev–Trinajstić information content (AvgIpc) is 2.44. The molecule has 1 N–H and O–H groups in total. The molecule has 1 saturated heterocycles. The van der Waals surface area contributed by atoms with Crippen molar-refractivity contribution in [1.82, 2.24) is 0 Å². The van der Waals surface area contributed by atoms with Crippen LogP contribution < -0.4 is 0 Å². The maximum absolute atomic E-state index is 11.1. The first-order chi connectivity index (χ1) is 10.4. The van der Waals surface area contributed by atoms with E-state index in [2.05, 4.69) is 6.58 Å². The standard InChI is InChI=1S/C15H26O4S3/c1-12-8-20-10-14(11-21-9-12)19-7-6-13-2-4-15(5-3-13)22(16,17)18/h13-15H,1-11H2,(H,16,17,18). The molecule has 0 aromatic carbocycles. The van der Waals surface area contributed by atoms with Gasteiger partial charge in [-0.15, -0.1) is 0 Å². The van der Waals surface area contributed by atoms with Crippen molar-refractivity contribution in [1.29, 1.82) is 0 Å². The van der Waals surface area contributed by atoms with Crippen molar-refractivity contribution in [3.63, 3.8) is 0 Å². The molecule has 1 aliphatic carbocycles. The van der Waals surface area contributed by atoms with Gasteiger partial charge < -0.3 is 4.74 Å². The molecule has 0 aromatic heterocycles. The van der Waals surface area contributed by atoms with Crippen LogP contribution in [0.3, 0.4) is 0 Å². The fourth-order valence-corrected chi connectivity index (χ4v) is 6.09. The third-order valence-corrected chi connectivity index (χ3v) is 8.07. The third-order valence-electron chi connectivity index (χ3n) is 4.31. The molecule has 2 aliphatic rings. The van der Waals surface area contributed by atoms with E-state index in [0.717, 1.165) is 48.9 Å². The number of ether oxygens (including phenoxy) is 1. The van der Waals surface area contributed by atoms with E-state index < -0.39 is 15.4 Å². The lowest BCUT2D eigenvalue weighted by Gasteiger charge is -2.27. The molecule has 4 nitrogen and oxygen atoms in total. The Morgan fingerprint density at radius 2 is 1.73 bits per heavy atom. The molecule has 1 saturated carbocycles. The van der Waals surface area contributed by atoms with E-state index in [0.29, 0.717) is 24.9 Å². The molecule has 0 spiro atoms. The Bertz CT molecular complexity index is 443. The quantitative estimate of drug-likeness (QED) is 0.595. The van der Waals surface area contributed by atoms with Gasteiger partial charge in [0, 0.05) is 29.6 Å². The van der Waals surface area contributed by atoms with E-state index in [-0.39, 0.29) is 0 Å². The van der Waals surface area contributed by atoms with Crippen LogP contribution in [-0.4, -0.2) is 53.9 Å². The zero-order valence-corrected chi connectivity index (χ0v) is 15.4. The summed E-state index contributed by atoms with van der Waals surface area (Å²) in [4.78, 5) is 0. The minimum absolute atomic E-state index is 0.317. The highest BCUT2D eigenvalue weighted by atomic mass is 32.2. The van der Waals surface area contributed by atoms with Gasteiger partial charge in [0.15, 0.2) is 0 Å². The Labute approximate surface area is 142 Å². The summed E-state index contributed by atoms with van der Waals surface area (Å²) in [5.74, 6) is 4.66. The third kappa shape index (κ3) is 6.43. The van der Waals surface area contributed by atoms with Crippen LogP contribution in [0.1, 0.15) is 32.1 Å². The molecule has 0 unspecified atom stereocenters. The Hall–Kier alpha value is 0.310. The first-order valence-electron chi connectivity index (χ1n) is 7.85. The summed E-state index contributed by atoms with van der Waals surface area (Å²) in [6.07, 6.45) is 4.24. The van der Waals surface area contributed by atoms with E-state index in [1.165, 1.54) is 5.57 Å². The second-order valence-corrected chi connectivity index (χ2v) is 9.98.